The summed E-state index contributed by atoms with van der Waals surface area (Å²) >= 11 is 0. The zero-order valence-corrected chi connectivity index (χ0v) is 9.41. The summed E-state index contributed by atoms with van der Waals surface area (Å²) in [7, 11) is 1.24. The normalized spacial score (nSPS) is 10.1. The summed E-state index contributed by atoms with van der Waals surface area (Å²) < 4.78 is 14.5. The van der Waals surface area contributed by atoms with Gasteiger partial charge in [0, 0.05) is 12.6 Å². The Morgan fingerprint density at radius 3 is 2.59 bits per heavy atom. The molecular weight excluding hydrogens is 229 g/mol. The van der Waals surface area contributed by atoms with Gasteiger partial charge >= 0.3 is 0 Å². The number of carbonyl (C=O) groups is 2. The van der Waals surface area contributed by atoms with Crippen LogP contribution in [0, 0.1) is 5.82 Å². The first-order chi connectivity index (χ1) is 7.95. The lowest BCUT2D eigenvalue weighted by molar-refractivity contribution is -0.105. The van der Waals surface area contributed by atoms with Crippen molar-refractivity contribution >= 4 is 18.1 Å². The van der Waals surface area contributed by atoms with Gasteiger partial charge in [-0.3, -0.25) is 19.0 Å². The summed E-state index contributed by atoms with van der Waals surface area (Å²) in [5, 5.41) is 2.18. The topological polar surface area (TPSA) is 94.2 Å². The predicted molar refractivity (Wildman–Crippen MR) is 59.2 cm³/mol. The van der Waals surface area contributed by atoms with E-state index < -0.39 is 17.3 Å². The monoisotopic (exact) mass is 241 g/mol. The molecule has 1 heterocycles. The highest BCUT2D eigenvalue weighted by Gasteiger charge is 2.22. The van der Waals surface area contributed by atoms with E-state index in [1.807, 2.05) is 0 Å². The Labute approximate surface area is 96.2 Å². The van der Waals surface area contributed by atoms with Crippen molar-refractivity contribution in [2.75, 3.05) is 5.32 Å². The molecule has 0 fully saturated rings. The SMILES string of the molecule is CCc1c(C(N)=O)c(NC=O)n(C)c(=O)c1F. The maximum atomic E-state index is 13.6. The smallest absolute Gasteiger partial charge is 0.288 e. The van der Waals surface area contributed by atoms with Crippen molar-refractivity contribution in [2.45, 2.75) is 13.3 Å². The standard InChI is InChI=1S/C10H12FN3O3/c1-3-5-6(8(12)16)9(13-4-15)14(2)10(17)7(5)11/h4H,3H2,1-2H3,(H2,12,16)(H,13,15). The molecule has 7 heteroatoms. The van der Waals surface area contributed by atoms with Crippen LogP contribution < -0.4 is 16.6 Å². The quantitative estimate of drug-likeness (QED) is 0.712. The maximum absolute atomic E-state index is 13.6. The second-order valence-corrected chi connectivity index (χ2v) is 3.36. The molecule has 0 bridgehead atoms. The average molecular weight is 241 g/mol. The minimum atomic E-state index is -1.03. The number of pyridine rings is 1. The summed E-state index contributed by atoms with van der Waals surface area (Å²) in [6.45, 7) is 1.58. The van der Waals surface area contributed by atoms with Crippen LogP contribution in [0.25, 0.3) is 0 Å². The van der Waals surface area contributed by atoms with Crippen molar-refractivity contribution in [3.8, 4) is 0 Å². The molecule has 0 unspecified atom stereocenters. The van der Waals surface area contributed by atoms with Gasteiger partial charge in [0.25, 0.3) is 11.5 Å². The van der Waals surface area contributed by atoms with Gasteiger partial charge in [0.1, 0.15) is 5.82 Å². The molecule has 1 rings (SSSR count). The lowest BCUT2D eigenvalue weighted by atomic mass is 10.1. The van der Waals surface area contributed by atoms with E-state index in [0.29, 0.717) is 6.41 Å². The fourth-order valence-corrected chi connectivity index (χ4v) is 1.62. The fourth-order valence-electron chi connectivity index (χ4n) is 1.62. The molecule has 0 aliphatic carbocycles. The van der Waals surface area contributed by atoms with Gasteiger partial charge in [-0.15, -0.1) is 0 Å². The molecule has 92 valence electrons. The summed E-state index contributed by atoms with van der Waals surface area (Å²) in [6, 6.07) is 0. The van der Waals surface area contributed by atoms with E-state index in [0.717, 1.165) is 4.57 Å². The van der Waals surface area contributed by atoms with E-state index >= 15 is 0 Å². The first-order valence-corrected chi connectivity index (χ1v) is 4.87. The molecule has 0 aromatic carbocycles. The van der Waals surface area contributed by atoms with Gasteiger partial charge in [-0.1, -0.05) is 6.92 Å². The third-order valence-corrected chi connectivity index (χ3v) is 2.43. The van der Waals surface area contributed by atoms with Crippen LogP contribution in [0.4, 0.5) is 10.2 Å². The highest BCUT2D eigenvalue weighted by atomic mass is 19.1. The van der Waals surface area contributed by atoms with Gasteiger partial charge in [-0.2, -0.15) is 0 Å². The molecule has 0 aliphatic heterocycles. The van der Waals surface area contributed by atoms with Crippen LogP contribution in [0.1, 0.15) is 22.8 Å². The van der Waals surface area contributed by atoms with Crippen LogP contribution in [0.3, 0.4) is 0 Å². The second kappa shape index (κ2) is 4.77. The van der Waals surface area contributed by atoms with Crippen molar-refractivity contribution in [2.24, 2.45) is 12.8 Å². The summed E-state index contributed by atoms with van der Waals surface area (Å²) in [4.78, 5) is 33.2. The number of hydrogen-bond donors (Lipinski definition) is 2. The third kappa shape index (κ3) is 2.03. The van der Waals surface area contributed by atoms with E-state index in [1.54, 1.807) is 6.92 Å². The summed E-state index contributed by atoms with van der Waals surface area (Å²) in [5.74, 6) is -2.03. The third-order valence-electron chi connectivity index (χ3n) is 2.43. The largest absolute Gasteiger partial charge is 0.365 e. The van der Waals surface area contributed by atoms with Crippen molar-refractivity contribution in [1.29, 1.82) is 0 Å². The number of rotatable bonds is 4. The molecule has 0 spiro atoms. The van der Waals surface area contributed by atoms with Gasteiger partial charge in [0.2, 0.25) is 6.41 Å². The molecule has 0 saturated carbocycles. The Morgan fingerprint density at radius 2 is 2.18 bits per heavy atom. The van der Waals surface area contributed by atoms with Crippen molar-refractivity contribution in [1.82, 2.24) is 4.57 Å². The zero-order valence-electron chi connectivity index (χ0n) is 9.41. The molecule has 2 amide bonds. The van der Waals surface area contributed by atoms with E-state index in [2.05, 4.69) is 5.32 Å². The molecule has 6 nitrogen and oxygen atoms in total. The number of aromatic nitrogens is 1. The lowest BCUT2D eigenvalue weighted by Crippen LogP contribution is -2.30. The van der Waals surface area contributed by atoms with Gasteiger partial charge < -0.3 is 11.1 Å². The van der Waals surface area contributed by atoms with Gasteiger partial charge in [0.05, 0.1) is 5.56 Å². The molecule has 0 atom stereocenters. The van der Waals surface area contributed by atoms with Crippen molar-refractivity contribution in [3.63, 3.8) is 0 Å². The minimum Gasteiger partial charge on any atom is -0.365 e. The van der Waals surface area contributed by atoms with Crippen LogP contribution in [0.5, 0.6) is 0 Å². The number of amides is 2. The number of carbonyl (C=O) groups excluding carboxylic acids is 2. The van der Waals surface area contributed by atoms with Gasteiger partial charge in [0.15, 0.2) is 5.82 Å². The molecule has 17 heavy (non-hydrogen) atoms. The van der Waals surface area contributed by atoms with Crippen molar-refractivity contribution in [3.05, 3.63) is 27.3 Å². The summed E-state index contributed by atoms with van der Waals surface area (Å²) in [6.07, 6.45) is 0.409. The molecule has 0 radical (unpaired) electrons. The number of nitrogens with zero attached hydrogens (tertiary/aromatic N) is 1. The maximum Gasteiger partial charge on any atom is 0.288 e. The second-order valence-electron chi connectivity index (χ2n) is 3.36. The number of anilines is 1. The molecular formula is C10H12FN3O3. The molecule has 1 aromatic rings. The Kier molecular flexibility index (Phi) is 3.62. The number of halogens is 1. The first kappa shape index (κ1) is 12.9. The molecule has 0 aliphatic rings. The molecule has 1 aromatic heterocycles. The fraction of sp³-hybridized carbons (Fsp3) is 0.300. The van der Waals surface area contributed by atoms with Crippen LogP contribution in [-0.4, -0.2) is 16.9 Å². The lowest BCUT2D eigenvalue weighted by Gasteiger charge is -2.14. The van der Waals surface area contributed by atoms with Gasteiger partial charge in [-0.25, -0.2) is 4.39 Å². The molecule has 0 saturated heterocycles. The number of nitrogens with one attached hydrogen (secondary N) is 1. The Balaban J connectivity index is 3.79. The van der Waals surface area contributed by atoms with Gasteiger partial charge in [-0.05, 0) is 6.42 Å². The van der Waals surface area contributed by atoms with E-state index in [-0.39, 0.29) is 23.4 Å². The van der Waals surface area contributed by atoms with E-state index in [4.69, 9.17) is 5.73 Å². The van der Waals surface area contributed by atoms with E-state index in [9.17, 15) is 18.8 Å². The van der Waals surface area contributed by atoms with Crippen LogP contribution in [0.15, 0.2) is 4.79 Å². The summed E-state index contributed by atoms with van der Waals surface area (Å²) in [5.41, 5.74) is 3.94. The zero-order chi connectivity index (χ0) is 13.2. The van der Waals surface area contributed by atoms with Crippen LogP contribution >= 0.6 is 0 Å². The number of nitrogens with two attached hydrogens (primary N) is 1. The highest BCUT2D eigenvalue weighted by molar-refractivity contribution is 6.00. The van der Waals surface area contributed by atoms with Crippen LogP contribution in [-0.2, 0) is 18.3 Å². The molecule has 3 N–H and O–H groups in total. The highest BCUT2D eigenvalue weighted by Crippen LogP contribution is 2.19. The number of primary amides is 1. The average Bonchev–Trinajstić information content (AvgIpc) is 2.29. The van der Waals surface area contributed by atoms with E-state index in [1.165, 1.54) is 7.05 Å². The van der Waals surface area contributed by atoms with Crippen molar-refractivity contribution < 1.29 is 14.0 Å². The Hall–Kier alpha value is -2.18. The Bertz CT molecular complexity index is 537. The Morgan fingerprint density at radius 1 is 1.59 bits per heavy atom. The first-order valence-electron chi connectivity index (χ1n) is 4.87. The predicted octanol–water partition coefficient (Wildman–Crippen LogP) is -0.246. The number of hydrogen-bond acceptors (Lipinski definition) is 3. The van der Waals surface area contributed by atoms with Crippen LogP contribution in [0.2, 0.25) is 0 Å². The minimum absolute atomic E-state index is 0.0926.